The highest BCUT2D eigenvalue weighted by Crippen LogP contribution is 2.32. The Bertz CT molecular complexity index is 843. The molecule has 0 spiro atoms. The van der Waals surface area contributed by atoms with Crippen molar-refractivity contribution < 1.29 is 9.50 Å². The molecule has 3 N–H and O–H groups in total. The molecule has 0 saturated heterocycles. The summed E-state index contributed by atoms with van der Waals surface area (Å²) >= 11 is 0. The summed E-state index contributed by atoms with van der Waals surface area (Å²) in [6.07, 6.45) is 1.38. The first-order chi connectivity index (χ1) is 10.5. The van der Waals surface area contributed by atoms with Crippen LogP contribution in [0.1, 0.15) is 25.5 Å². The van der Waals surface area contributed by atoms with Crippen LogP contribution in [0.5, 0.6) is 0 Å². The molecule has 0 saturated carbocycles. The summed E-state index contributed by atoms with van der Waals surface area (Å²) in [6.45, 7) is 3.69. The molecule has 0 amide bonds. The Hall–Kier alpha value is -2.54. The Labute approximate surface area is 126 Å². The zero-order valence-corrected chi connectivity index (χ0v) is 12.3. The first kappa shape index (κ1) is 14.4. The van der Waals surface area contributed by atoms with E-state index in [2.05, 4.69) is 15.1 Å². The van der Waals surface area contributed by atoms with Crippen molar-refractivity contribution in [3.63, 3.8) is 0 Å². The van der Waals surface area contributed by atoms with Gasteiger partial charge in [-0.2, -0.15) is 5.10 Å². The molecular weight excluding hydrogens is 285 g/mol. The van der Waals surface area contributed by atoms with Gasteiger partial charge in [-0.05, 0) is 37.6 Å². The molecule has 2 heterocycles. The Morgan fingerprint density at radius 1 is 1.27 bits per heavy atom. The monoisotopic (exact) mass is 301 g/mol. The molecule has 3 aromatic rings. The molecule has 0 atom stereocenters. The van der Waals surface area contributed by atoms with Crippen LogP contribution in [0.3, 0.4) is 0 Å². The van der Waals surface area contributed by atoms with Crippen LogP contribution >= 0.6 is 0 Å². The van der Waals surface area contributed by atoms with E-state index in [0.29, 0.717) is 33.7 Å². The van der Waals surface area contributed by atoms with Crippen LogP contribution < -0.4 is 5.73 Å². The topological polar surface area (TPSA) is 89.8 Å². The predicted molar refractivity (Wildman–Crippen MR) is 81.4 cm³/mol. The van der Waals surface area contributed by atoms with Gasteiger partial charge in [0.25, 0.3) is 0 Å². The van der Waals surface area contributed by atoms with Crippen molar-refractivity contribution in [3.05, 3.63) is 35.9 Å². The smallest absolute Gasteiger partial charge is 0.164 e. The normalized spacial score (nSPS) is 11.5. The number of nitrogen functional groups attached to an aromatic ring is 1. The summed E-state index contributed by atoms with van der Waals surface area (Å²) < 4.78 is 15.5. The van der Waals surface area contributed by atoms with Gasteiger partial charge in [-0.3, -0.25) is 0 Å². The molecule has 2 aromatic heterocycles. The maximum absolute atomic E-state index is 13.8. The minimum absolute atomic E-state index is 0.0661. The second kappa shape index (κ2) is 5.34. The number of benzene rings is 1. The SMILES string of the molecule is CC(C)n1nc(-c2cc(F)cc(CO)c2)c2c(N)ncnc21. The number of rotatable bonds is 3. The number of aliphatic hydroxyl groups is 1. The molecule has 3 rings (SSSR count). The lowest BCUT2D eigenvalue weighted by atomic mass is 10.1. The highest BCUT2D eigenvalue weighted by atomic mass is 19.1. The third-order valence-corrected chi connectivity index (χ3v) is 3.42. The van der Waals surface area contributed by atoms with E-state index in [-0.39, 0.29) is 12.6 Å². The highest BCUT2D eigenvalue weighted by molar-refractivity contribution is 5.98. The Balaban J connectivity index is 2.34. The second-order valence-corrected chi connectivity index (χ2v) is 5.35. The van der Waals surface area contributed by atoms with Gasteiger partial charge in [0.05, 0.1) is 12.0 Å². The molecule has 0 aliphatic heterocycles. The van der Waals surface area contributed by atoms with Crippen LogP contribution in [-0.4, -0.2) is 24.9 Å². The van der Waals surface area contributed by atoms with E-state index in [0.717, 1.165) is 0 Å². The fraction of sp³-hybridized carbons (Fsp3) is 0.267. The number of hydrogen-bond acceptors (Lipinski definition) is 5. The molecule has 114 valence electrons. The van der Waals surface area contributed by atoms with Gasteiger partial charge in [0, 0.05) is 11.6 Å². The molecule has 1 aromatic carbocycles. The Morgan fingerprint density at radius 3 is 2.73 bits per heavy atom. The van der Waals surface area contributed by atoms with Gasteiger partial charge in [-0.15, -0.1) is 0 Å². The van der Waals surface area contributed by atoms with Crippen molar-refractivity contribution in [2.45, 2.75) is 26.5 Å². The van der Waals surface area contributed by atoms with E-state index in [1.165, 1.54) is 18.5 Å². The summed E-state index contributed by atoms with van der Waals surface area (Å²) in [5.74, 6) is -0.147. The van der Waals surface area contributed by atoms with Crippen LogP contribution in [-0.2, 0) is 6.61 Å². The highest BCUT2D eigenvalue weighted by Gasteiger charge is 2.19. The number of hydrogen-bond donors (Lipinski definition) is 2. The predicted octanol–water partition coefficient (Wildman–Crippen LogP) is 2.29. The van der Waals surface area contributed by atoms with Gasteiger partial charge >= 0.3 is 0 Å². The number of halogens is 1. The molecular formula is C15H16FN5O. The third-order valence-electron chi connectivity index (χ3n) is 3.42. The Kier molecular flexibility index (Phi) is 3.50. The summed E-state index contributed by atoms with van der Waals surface area (Å²) in [5.41, 5.74) is 8.09. The number of anilines is 1. The van der Waals surface area contributed by atoms with E-state index in [1.807, 2.05) is 13.8 Å². The number of nitrogens with two attached hydrogens (primary N) is 1. The van der Waals surface area contributed by atoms with Crippen molar-refractivity contribution in [3.8, 4) is 11.3 Å². The first-order valence-corrected chi connectivity index (χ1v) is 6.90. The van der Waals surface area contributed by atoms with E-state index in [4.69, 9.17) is 5.73 Å². The summed E-state index contributed by atoms with van der Waals surface area (Å²) in [5, 5.41) is 14.4. The molecule has 0 fully saturated rings. The number of aliphatic hydroxyl groups excluding tert-OH is 1. The van der Waals surface area contributed by atoms with Crippen molar-refractivity contribution in [1.29, 1.82) is 0 Å². The lowest BCUT2D eigenvalue weighted by molar-refractivity contribution is 0.281. The van der Waals surface area contributed by atoms with E-state index in [1.54, 1.807) is 10.7 Å². The summed E-state index contributed by atoms with van der Waals surface area (Å²) in [7, 11) is 0. The van der Waals surface area contributed by atoms with E-state index >= 15 is 0 Å². The van der Waals surface area contributed by atoms with E-state index < -0.39 is 5.82 Å². The third kappa shape index (κ3) is 2.29. The van der Waals surface area contributed by atoms with Gasteiger partial charge in [0.1, 0.15) is 23.7 Å². The van der Waals surface area contributed by atoms with Gasteiger partial charge in [0.2, 0.25) is 0 Å². The summed E-state index contributed by atoms with van der Waals surface area (Å²) in [6, 6.07) is 4.39. The zero-order chi connectivity index (χ0) is 15.9. The Morgan fingerprint density at radius 2 is 2.05 bits per heavy atom. The lowest BCUT2D eigenvalue weighted by Crippen LogP contribution is -2.04. The maximum Gasteiger partial charge on any atom is 0.164 e. The van der Waals surface area contributed by atoms with Crippen molar-refractivity contribution in [2.75, 3.05) is 5.73 Å². The fourth-order valence-electron chi connectivity index (χ4n) is 2.44. The maximum atomic E-state index is 13.8. The zero-order valence-electron chi connectivity index (χ0n) is 12.3. The van der Waals surface area contributed by atoms with Gasteiger partial charge in [0.15, 0.2) is 5.65 Å². The number of fused-ring (bicyclic) bond motifs is 1. The molecule has 6 nitrogen and oxygen atoms in total. The van der Waals surface area contributed by atoms with Crippen LogP contribution in [0.15, 0.2) is 24.5 Å². The second-order valence-electron chi connectivity index (χ2n) is 5.35. The van der Waals surface area contributed by atoms with Gasteiger partial charge < -0.3 is 10.8 Å². The average Bonchev–Trinajstić information content (AvgIpc) is 2.88. The molecule has 22 heavy (non-hydrogen) atoms. The standard InChI is InChI=1S/C15H16FN5O/c1-8(2)21-15-12(14(17)18-7-19-15)13(20-21)10-3-9(6-22)4-11(16)5-10/h3-5,7-8,22H,6H2,1-2H3,(H2,17,18,19). The van der Waals surface area contributed by atoms with Crippen molar-refractivity contribution in [1.82, 2.24) is 19.7 Å². The van der Waals surface area contributed by atoms with Gasteiger partial charge in [-0.25, -0.2) is 19.0 Å². The van der Waals surface area contributed by atoms with Gasteiger partial charge in [-0.1, -0.05) is 0 Å². The molecule has 7 heteroatoms. The average molecular weight is 301 g/mol. The molecule has 0 aliphatic rings. The van der Waals surface area contributed by atoms with Crippen molar-refractivity contribution in [2.24, 2.45) is 0 Å². The molecule has 0 radical (unpaired) electrons. The van der Waals surface area contributed by atoms with Crippen molar-refractivity contribution >= 4 is 16.9 Å². The first-order valence-electron chi connectivity index (χ1n) is 6.90. The van der Waals surface area contributed by atoms with Crippen LogP contribution in [0.2, 0.25) is 0 Å². The van der Waals surface area contributed by atoms with Crippen LogP contribution in [0.25, 0.3) is 22.3 Å². The van der Waals surface area contributed by atoms with Crippen LogP contribution in [0.4, 0.5) is 10.2 Å². The molecule has 0 unspecified atom stereocenters. The minimum atomic E-state index is -0.441. The lowest BCUT2D eigenvalue weighted by Gasteiger charge is -2.05. The fourth-order valence-corrected chi connectivity index (χ4v) is 2.44. The largest absolute Gasteiger partial charge is 0.392 e. The molecule has 0 aliphatic carbocycles. The van der Waals surface area contributed by atoms with E-state index in [9.17, 15) is 9.50 Å². The number of nitrogens with zero attached hydrogens (tertiary/aromatic N) is 4. The minimum Gasteiger partial charge on any atom is -0.392 e. The number of aromatic nitrogens is 4. The quantitative estimate of drug-likeness (QED) is 0.774. The summed E-state index contributed by atoms with van der Waals surface area (Å²) in [4.78, 5) is 8.24. The van der Waals surface area contributed by atoms with Crippen LogP contribution in [0, 0.1) is 5.82 Å². The molecule has 0 bridgehead atoms.